The molecule has 4 rings (SSSR count). The molecule has 1 N–H and O–H groups in total. The molecule has 0 atom stereocenters. The normalized spacial score (nSPS) is 18.2. The van der Waals surface area contributed by atoms with E-state index in [1.165, 1.54) is 15.6 Å². The van der Waals surface area contributed by atoms with Gasteiger partial charge in [-0.05, 0) is 25.0 Å². The molecule has 1 aliphatic heterocycles. The van der Waals surface area contributed by atoms with Crippen LogP contribution >= 0.6 is 11.3 Å². The first-order valence-corrected chi connectivity index (χ1v) is 10.1. The lowest BCUT2D eigenvalue weighted by Gasteiger charge is -2.25. The summed E-state index contributed by atoms with van der Waals surface area (Å²) in [7, 11) is -3.50. The zero-order chi connectivity index (χ0) is 16.7. The molecule has 2 aromatic rings. The number of thiazole rings is 1. The first-order valence-electron chi connectivity index (χ1n) is 7.89. The molecule has 0 bridgehead atoms. The Morgan fingerprint density at radius 3 is 2.71 bits per heavy atom. The monoisotopic (exact) mass is 363 g/mol. The van der Waals surface area contributed by atoms with E-state index >= 15 is 0 Å². The van der Waals surface area contributed by atoms with Crippen molar-refractivity contribution >= 4 is 32.4 Å². The Morgan fingerprint density at radius 2 is 2.00 bits per heavy atom. The number of rotatable bonds is 4. The summed E-state index contributed by atoms with van der Waals surface area (Å²) in [6.07, 6.45) is 2.46. The van der Waals surface area contributed by atoms with E-state index in [0.717, 1.165) is 23.4 Å². The van der Waals surface area contributed by atoms with Gasteiger partial charge < -0.3 is 5.32 Å². The average molecular weight is 363 g/mol. The van der Waals surface area contributed by atoms with E-state index < -0.39 is 10.0 Å². The molecule has 6 nitrogen and oxygen atoms in total. The molecule has 1 aliphatic carbocycles. The smallest absolute Gasteiger partial charge is 0.243 e. The molecule has 1 amide bonds. The number of sulfonamides is 1. The highest BCUT2D eigenvalue weighted by Crippen LogP contribution is 2.34. The van der Waals surface area contributed by atoms with Crippen LogP contribution in [0, 0.1) is 5.92 Å². The molecule has 1 aromatic heterocycles. The summed E-state index contributed by atoms with van der Waals surface area (Å²) < 4.78 is 26.9. The predicted octanol–water partition coefficient (Wildman–Crippen LogP) is 2.24. The summed E-state index contributed by atoms with van der Waals surface area (Å²) in [6, 6.07) is 8.46. The summed E-state index contributed by atoms with van der Waals surface area (Å²) in [4.78, 5) is 17.5. The third kappa shape index (κ3) is 2.97. The molecule has 0 radical (unpaired) electrons. The second-order valence-corrected chi connectivity index (χ2v) is 9.08. The third-order valence-electron chi connectivity index (χ3n) is 4.26. The number of carbonyl (C=O) groups excluding carboxylic acids is 1. The minimum absolute atomic E-state index is 0.0230. The molecule has 0 saturated heterocycles. The molecule has 126 valence electrons. The fourth-order valence-electron chi connectivity index (χ4n) is 2.73. The molecule has 1 saturated carbocycles. The van der Waals surface area contributed by atoms with Gasteiger partial charge in [-0.2, -0.15) is 4.31 Å². The van der Waals surface area contributed by atoms with Crippen LogP contribution in [0.1, 0.15) is 23.4 Å². The van der Waals surface area contributed by atoms with Gasteiger partial charge in [0.1, 0.15) is 0 Å². The van der Waals surface area contributed by atoms with Crippen molar-refractivity contribution in [1.29, 1.82) is 0 Å². The number of carbonyl (C=O) groups is 1. The van der Waals surface area contributed by atoms with E-state index in [0.29, 0.717) is 29.5 Å². The van der Waals surface area contributed by atoms with Gasteiger partial charge in [0.05, 0.1) is 17.1 Å². The number of hydrogen-bond acceptors (Lipinski definition) is 5. The van der Waals surface area contributed by atoms with Crippen LogP contribution in [0.15, 0.2) is 35.2 Å². The van der Waals surface area contributed by atoms with Crippen LogP contribution in [0.25, 0.3) is 0 Å². The lowest BCUT2D eigenvalue weighted by atomic mass is 10.2. The van der Waals surface area contributed by atoms with Crippen molar-refractivity contribution in [2.24, 2.45) is 5.92 Å². The highest BCUT2D eigenvalue weighted by atomic mass is 32.2. The summed E-state index contributed by atoms with van der Waals surface area (Å²) in [5, 5.41) is 3.43. The number of nitrogens with zero attached hydrogens (tertiary/aromatic N) is 2. The molecule has 0 spiro atoms. The van der Waals surface area contributed by atoms with Crippen LogP contribution < -0.4 is 5.32 Å². The SMILES string of the molecule is O=C(Nc1nc2c(s1)CN(S(=O)(=O)c1ccccc1)CC2)C1CC1. The van der Waals surface area contributed by atoms with Crippen LogP contribution in [-0.4, -0.2) is 30.2 Å². The first-order chi connectivity index (χ1) is 11.5. The van der Waals surface area contributed by atoms with Gasteiger partial charge in [-0.25, -0.2) is 13.4 Å². The van der Waals surface area contributed by atoms with Crippen LogP contribution in [0.4, 0.5) is 5.13 Å². The van der Waals surface area contributed by atoms with Gasteiger partial charge in [0.2, 0.25) is 15.9 Å². The van der Waals surface area contributed by atoms with Gasteiger partial charge in [0.25, 0.3) is 0 Å². The molecule has 1 aromatic carbocycles. The number of hydrogen-bond donors (Lipinski definition) is 1. The topological polar surface area (TPSA) is 79.4 Å². The molecular weight excluding hydrogens is 346 g/mol. The molecule has 0 unspecified atom stereocenters. The minimum Gasteiger partial charge on any atom is -0.302 e. The van der Waals surface area contributed by atoms with Crippen molar-refractivity contribution in [2.45, 2.75) is 30.7 Å². The van der Waals surface area contributed by atoms with Crippen molar-refractivity contribution in [3.63, 3.8) is 0 Å². The molecular formula is C16H17N3O3S2. The van der Waals surface area contributed by atoms with Gasteiger partial charge >= 0.3 is 0 Å². The zero-order valence-electron chi connectivity index (χ0n) is 12.9. The highest BCUT2D eigenvalue weighted by molar-refractivity contribution is 7.89. The Kier molecular flexibility index (Phi) is 3.90. The fraction of sp³-hybridized carbons (Fsp3) is 0.375. The number of anilines is 1. The molecule has 2 heterocycles. The number of benzene rings is 1. The minimum atomic E-state index is -3.50. The largest absolute Gasteiger partial charge is 0.302 e. The molecule has 8 heteroatoms. The van der Waals surface area contributed by atoms with Crippen molar-refractivity contribution in [2.75, 3.05) is 11.9 Å². The second kappa shape index (κ2) is 5.94. The van der Waals surface area contributed by atoms with Crippen molar-refractivity contribution in [1.82, 2.24) is 9.29 Å². The maximum atomic E-state index is 12.7. The van der Waals surface area contributed by atoms with Crippen molar-refractivity contribution in [3.8, 4) is 0 Å². The van der Waals surface area contributed by atoms with E-state index in [-0.39, 0.29) is 11.8 Å². The summed E-state index contributed by atoms with van der Waals surface area (Å²) >= 11 is 1.37. The van der Waals surface area contributed by atoms with Gasteiger partial charge in [-0.1, -0.05) is 18.2 Å². The number of fused-ring (bicyclic) bond motifs is 1. The maximum absolute atomic E-state index is 12.7. The van der Waals surface area contributed by atoms with E-state index in [2.05, 4.69) is 10.3 Å². The molecule has 2 aliphatic rings. The quantitative estimate of drug-likeness (QED) is 0.903. The highest BCUT2D eigenvalue weighted by Gasteiger charge is 2.32. The van der Waals surface area contributed by atoms with Gasteiger partial charge in [-0.3, -0.25) is 4.79 Å². The Hall–Kier alpha value is -1.77. The summed E-state index contributed by atoms with van der Waals surface area (Å²) in [5.74, 6) is 0.149. The fourth-order valence-corrected chi connectivity index (χ4v) is 5.26. The summed E-state index contributed by atoms with van der Waals surface area (Å²) in [6.45, 7) is 0.716. The Bertz CT molecular complexity index is 873. The lowest BCUT2D eigenvalue weighted by Crippen LogP contribution is -2.35. The summed E-state index contributed by atoms with van der Waals surface area (Å²) in [5.41, 5.74) is 0.894. The predicted molar refractivity (Wildman–Crippen MR) is 91.2 cm³/mol. The lowest BCUT2D eigenvalue weighted by molar-refractivity contribution is -0.117. The van der Waals surface area contributed by atoms with Crippen LogP contribution in [-0.2, 0) is 27.8 Å². The van der Waals surface area contributed by atoms with Crippen molar-refractivity contribution in [3.05, 3.63) is 40.9 Å². The first kappa shape index (κ1) is 15.7. The number of nitrogens with one attached hydrogen (secondary N) is 1. The third-order valence-corrected chi connectivity index (χ3v) is 7.11. The Morgan fingerprint density at radius 1 is 1.25 bits per heavy atom. The zero-order valence-corrected chi connectivity index (χ0v) is 14.6. The maximum Gasteiger partial charge on any atom is 0.243 e. The number of aromatic nitrogens is 1. The van der Waals surface area contributed by atoms with E-state index in [9.17, 15) is 13.2 Å². The standard InChI is InChI=1S/C16H17N3O3S2/c20-15(11-6-7-11)18-16-17-13-8-9-19(10-14(13)23-16)24(21,22)12-4-2-1-3-5-12/h1-5,11H,6-10H2,(H,17,18,20). The van der Waals surface area contributed by atoms with Gasteiger partial charge in [-0.15, -0.1) is 11.3 Å². The van der Waals surface area contributed by atoms with E-state index in [1.807, 2.05) is 0 Å². The van der Waals surface area contributed by atoms with E-state index in [4.69, 9.17) is 0 Å². The van der Waals surface area contributed by atoms with Crippen LogP contribution in [0.5, 0.6) is 0 Å². The van der Waals surface area contributed by atoms with Gasteiger partial charge in [0.15, 0.2) is 5.13 Å². The Labute approximate surface area is 144 Å². The average Bonchev–Trinajstić information content (AvgIpc) is 3.36. The Balaban J connectivity index is 1.53. The molecule has 1 fully saturated rings. The molecule has 24 heavy (non-hydrogen) atoms. The van der Waals surface area contributed by atoms with Crippen LogP contribution in [0.2, 0.25) is 0 Å². The van der Waals surface area contributed by atoms with Gasteiger partial charge in [0, 0.05) is 23.8 Å². The van der Waals surface area contributed by atoms with E-state index in [1.54, 1.807) is 30.3 Å². The number of amides is 1. The second-order valence-electron chi connectivity index (χ2n) is 6.05. The van der Waals surface area contributed by atoms with Crippen LogP contribution in [0.3, 0.4) is 0 Å². The van der Waals surface area contributed by atoms with Crippen molar-refractivity contribution < 1.29 is 13.2 Å².